The van der Waals surface area contributed by atoms with Crippen LogP contribution >= 0.6 is 11.8 Å². The van der Waals surface area contributed by atoms with E-state index in [9.17, 15) is 27.1 Å². The Labute approximate surface area is 134 Å². The summed E-state index contributed by atoms with van der Waals surface area (Å²) in [4.78, 5) is 0.316. The molecule has 8 heteroatoms. The maximum absolute atomic E-state index is 14.2. The molecule has 0 spiro atoms. The maximum Gasteiger partial charge on any atom is 0.312 e. The summed E-state index contributed by atoms with van der Waals surface area (Å²) in [6.07, 6.45) is -5.04. The van der Waals surface area contributed by atoms with Crippen LogP contribution in [0, 0.1) is 0 Å². The lowest BCUT2D eigenvalue weighted by Crippen LogP contribution is -2.24. The summed E-state index contributed by atoms with van der Waals surface area (Å²) in [5.41, 5.74) is -0.637. The fourth-order valence-corrected chi connectivity index (χ4v) is 3.78. The SMILES string of the molecule is CSc1ccc(OC2CCC(F)(F)C2)c2c1[C@H](O)C(F)(F)[C@@H]2F. The Balaban J connectivity index is 1.98. The second-order valence-corrected chi connectivity index (χ2v) is 6.72. The molecule has 23 heavy (non-hydrogen) atoms. The van der Waals surface area contributed by atoms with Gasteiger partial charge in [-0.05, 0) is 24.8 Å². The molecule has 0 aliphatic heterocycles. The van der Waals surface area contributed by atoms with Crippen LogP contribution in [0.25, 0.3) is 0 Å². The standard InChI is InChI=1S/C15H15F5O2S/c1-23-9-3-2-8(22-7-4-5-14(17,18)6-7)10-11(9)13(21)15(19,20)12(10)16/h2-3,7,12-13,21H,4-6H2,1H3/t7?,12-,13+/m1/s1. The number of ether oxygens (including phenoxy) is 1. The van der Waals surface area contributed by atoms with Crippen LogP contribution in [0.3, 0.4) is 0 Å². The number of hydrogen-bond donors (Lipinski definition) is 1. The smallest absolute Gasteiger partial charge is 0.312 e. The number of aliphatic hydroxyl groups is 1. The molecule has 0 aromatic heterocycles. The molecule has 1 N–H and O–H groups in total. The van der Waals surface area contributed by atoms with Crippen molar-refractivity contribution in [3.8, 4) is 5.75 Å². The topological polar surface area (TPSA) is 29.5 Å². The molecule has 1 saturated carbocycles. The van der Waals surface area contributed by atoms with Gasteiger partial charge in [0.2, 0.25) is 0 Å². The van der Waals surface area contributed by atoms with Gasteiger partial charge in [-0.2, -0.15) is 8.78 Å². The Morgan fingerprint density at radius 1 is 1.22 bits per heavy atom. The molecule has 0 bridgehead atoms. The molecule has 1 fully saturated rings. The Bertz CT molecular complexity index is 622. The predicted molar refractivity (Wildman–Crippen MR) is 75.2 cm³/mol. The van der Waals surface area contributed by atoms with E-state index in [1.54, 1.807) is 6.26 Å². The van der Waals surface area contributed by atoms with Crippen molar-refractivity contribution in [3.05, 3.63) is 23.3 Å². The van der Waals surface area contributed by atoms with Crippen molar-refractivity contribution in [1.82, 2.24) is 0 Å². The lowest BCUT2D eigenvalue weighted by atomic mass is 10.1. The zero-order chi connectivity index (χ0) is 17.0. The molecule has 0 saturated heterocycles. The van der Waals surface area contributed by atoms with Gasteiger partial charge < -0.3 is 9.84 Å². The summed E-state index contributed by atoms with van der Waals surface area (Å²) in [5, 5.41) is 9.78. The zero-order valence-electron chi connectivity index (χ0n) is 12.2. The van der Waals surface area contributed by atoms with Crippen LogP contribution in [-0.4, -0.2) is 29.3 Å². The van der Waals surface area contributed by atoms with Gasteiger partial charge >= 0.3 is 5.92 Å². The van der Waals surface area contributed by atoms with Crippen molar-refractivity contribution in [2.24, 2.45) is 0 Å². The Kier molecular flexibility index (Phi) is 4.03. The third-order valence-electron chi connectivity index (χ3n) is 4.31. The lowest BCUT2D eigenvalue weighted by Gasteiger charge is -2.18. The van der Waals surface area contributed by atoms with E-state index in [1.165, 1.54) is 12.1 Å². The first-order chi connectivity index (χ1) is 10.7. The average Bonchev–Trinajstić information content (AvgIpc) is 2.91. The first kappa shape index (κ1) is 16.8. The Morgan fingerprint density at radius 2 is 1.91 bits per heavy atom. The van der Waals surface area contributed by atoms with E-state index in [1.807, 2.05) is 0 Å². The fraction of sp³-hybridized carbons (Fsp3) is 0.600. The normalized spacial score (nSPS) is 31.2. The molecule has 1 aromatic carbocycles. The number of aliphatic hydroxyl groups excluding tert-OH is 1. The third-order valence-corrected chi connectivity index (χ3v) is 5.10. The van der Waals surface area contributed by atoms with Crippen LogP contribution in [0.5, 0.6) is 5.75 Å². The molecule has 2 aliphatic rings. The molecule has 128 valence electrons. The Morgan fingerprint density at radius 3 is 2.48 bits per heavy atom. The molecule has 2 aliphatic carbocycles. The molecular weight excluding hydrogens is 339 g/mol. The summed E-state index contributed by atoms with van der Waals surface area (Å²) in [6, 6.07) is 2.74. The summed E-state index contributed by atoms with van der Waals surface area (Å²) in [7, 11) is 0. The second-order valence-electron chi connectivity index (χ2n) is 5.87. The van der Waals surface area contributed by atoms with Crippen LogP contribution in [0.2, 0.25) is 0 Å². The highest BCUT2D eigenvalue weighted by Gasteiger charge is 2.58. The highest BCUT2D eigenvalue weighted by molar-refractivity contribution is 7.98. The fourth-order valence-electron chi connectivity index (χ4n) is 3.13. The van der Waals surface area contributed by atoms with Crippen LogP contribution < -0.4 is 4.74 Å². The quantitative estimate of drug-likeness (QED) is 0.632. The molecule has 0 heterocycles. The van der Waals surface area contributed by atoms with Gasteiger partial charge in [-0.25, -0.2) is 13.2 Å². The van der Waals surface area contributed by atoms with Crippen LogP contribution in [0.4, 0.5) is 22.0 Å². The summed E-state index contributed by atoms with van der Waals surface area (Å²) >= 11 is 1.10. The van der Waals surface area contributed by atoms with Crippen molar-refractivity contribution in [3.63, 3.8) is 0 Å². The van der Waals surface area contributed by atoms with Crippen LogP contribution in [0.1, 0.15) is 42.7 Å². The summed E-state index contributed by atoms with van der Waals surface area (Å²) in [5.74, 6) is -7.01. The number of rotatable bonds is 3. The summed E-state index contributed by atoms with van der Waals surface area (Å²) in [6.45, 7) is 0. The molecule has 2 nitrogen and oxygen atoms in total. The van der Waals surface area contributed by atoms with E-state index in [0.717, 1.165) is 11.8 Å². The van der Waals surface area contributed by atoms with Crippen molar-refractivity contribution in [2.45, 2.75) is 54.4 Å². The number of halogens is 5. The minimum Gasteiger partial charge on any atom is -0.490 e. The zero-order valence-corrected chi connectivity index (χ0v) is 13.0. The molecule has 3 rings (SSSR count). The molecular formula is C15H15F5O2S. The predicted octanol–water partition coefficient (Wildman–Crippen LogP) is 4.67. The van der Waals surface area contributed by atoms with Gasteiger partial charge in [-0.1, -0.05) is 0 Å². The highest BCUT2D eigenvalue weighted by atomic mass is 32.2. The number of alkyl halides is 5. The van der Waals surface area contributed by atoms with Gasteiger partial charge in [0.1, 0.15) is 18.0 Å². The van der Waals surface area contributed by atoms with Crippen molar-refractivity contribution < 1.29 is 31.8 Å². The maximum atomic E-state index is 14.2. The van der Waals surface area contributed by atoms with Gasteiger partial charge in [0.25, 0.3) is 5.92 Å². The number of thioether (sulfide) groups is 1. The summed E-state index contributed by atoms with van der Waals surface area (Å²) < 4.78 is 73.8. The minimum atomic E-state index is -3.97. The van der Waals surface area contributed by atoms with Crippen LogP contribution in [0.15, 0.2) is 17.0 Å². The first-order valence-corrected chi connectivity index (χ1v) is 8.35. The van der Waals surface area contributed by atoms with E-state index in [-0.39, 0.29) is 24.2 Å². The molecule has 1 unspecified atom stereocenters. The number of hydrogen-bond acceptors (Lipinski definition) is 3. The Hall–Kier alpha value is -1.02. The molecule has 0 radical (unpaired) electrons. The largest absolute Gasteiger partial charge is 0.490 e. The van der Waals surface area contributed by atoms with Crippen LogP contribution in [-0.2, 0) is 0 Å². The van der Waals surface area contributed by atoms with Gasteiger partial charge in [-0.15, -0.1) is 11.8 Å². The number of benzene rings is 1. The highest BCUT2D eigenvalue weighted by Crippen LogP contribution is 2.57. The number of fused-ring (bicyclic) bond motifs is 1. The second kappa shape index (κ2) is 5.51. The van der Waals surface area contributed by atoms with E-state index < -0.39 is 42.2 Å². The van der Waals surface area contributed by atoms with Crippen molar-refractivity contribution in [1.29, 1.82) is 0 Å². The molecule has 0 amide bonds. The van der Waals surface area contributed by atoms with Gasteiger partial charge in [-0.3, -0.25) is 0 Å². The monoisotopic (exact) mass is 354 g/mol. The van der Waals surface area contributed by atoms with Crippen molar-refractivity contribution >= 4 is 11.8 Å². The van der Waals surface area contributed by atoms with E-state index in [4.69, 9.17) is 4.74 Å². The van der Waals surface area contributed by atoms with Gasteiger partial charge in [0.05, 0.1) is 0 Å². The average molecular weight is 354 g/mol. The lowest BCUT2D eigenvalue weighted by molar-refractivity contribution is -0.144. The minimum absolute atomic E-state index is 0.0714. The van der Waals surface area contributed by atoms with Gasteiger partial charge in [0, 0.05) is 28.9 Å². The third kappa shape index (κ3) is 2.69. The first-order valence-electron chi connectivity index (χ1n) is 7.12. The van der Waals surface area contributed by atoms with E-state index in [2.05, 4.69) is 0 Å². The molecule has 1 aromatic rings. The molecule has 3 atom stereocenters. The van der Waals surface area contributed by atoms with E-state index in [0.29, 0.717) is 4.90 Å². The van der Waals surface area contributed by atoms with Gasteiger partial charge in [0.15, 0.2) is 6.17 Å². The van der Waals surface area contributed by atoms with E-state index >= 15 is 0 Å². The van der Waals surface area contributed by atoms with Crippen molar-refractivity contribution in [2.75, 3.05) is 6.26 Å².